The van der Waals surface area contributed by atoms with Gasteiger partial charge in [0.1, 0.15) is 6.10 Å². The molecule has 0 aromatic heterocycles. The summed E-state index contributed by atoms with van der Waals surface area (Å²) in [5.41, 5.74) is 0. The van der Waals surface area contributed by atoms with Crippen molar-refractivity contribution in [1.82, 2.24) is 0 Å². The zero-order chi connectivity index (χ0) is 19.3. The number of terminal acetylenes is 1. The number of aliphatic hydroxyl groups excluding tert-OH is 3. The Bertz CT molecular complexity index is 722. The average Bonchev–Trinajstić information content (AvgIpc) is 2.65. The van der Waals surface area contributed by atoms with Crippen LogP contribution in [0.25, 0.3) is 0 Å². The molecular formula is C23H24O3. The maximum atomic E-state index is 9.71. The summed E-state index contributed by atoms with van der Waals surface area (Å²) in [6.45, 7) is -0.385. The zero-order valence-corrected chi connectivity index (χ0v) is 14.8. The second-order valence-electron chi connectivity index (χ2n) is 5.12. The normalized spacial score (nSPS) is 11.6. The van der Waals surface area contributed by atoms with Crippen molar-refractivity contribution in [3.05, 3.63) is 24.3 Å². The highest BCUT2D eigenvalue weighted by Gasteiger charge is 1.96. The lowest BCUT2D eigenvalue weighted by Crippen LogP contribution is -2.07. The molecule has 0 rings (SSSR count). The molecule has 0 amide bonds. The Balaban J connectivity index is 3.85. The SMILES string of the molecule is C#C/C=C\CCC[C@@H](O)/C=C/C#CC#CCCCC#CC#C[C@H](O)CO. The molecule has 0 aromatic carbocycles. The quantitative estimate of drug-likeness (QED) is 0.463. The van der Waals surface area contributed by atoms with Crippen LogP contribution in [0.3, 0.4) is 0 Å². The summed E-state index contributed by atoms with van der Waals surface area (Å²) in [4.78, 5) is 0. The molecule has 0 saturated heterocycles. The van der Waals surface area contributed by atoms with Crippen molar-refractivity contribution in [1.29, 1.82) is 0 Å². The Kier molecular flexibility index (Phi) is 16.5. The second kappa shape index (κ2) is 18.5. The number of hydrogen-bond acceptors (Lipinski definition) is 3. The summed E-state index contributed by atoms with van der Waals surface area (Å²) in [6.07, 6.45) is 15.0. The largest absolute Gasteiger partial charge is 0.393 e. The molecule has 134 valence electrons. The second-order valence-corrected chi connectivity index (χ2v) is 5.12. The molecule has 0 spiro atoms. The van der Waals surface area contributed by atoms with E-state index in [9.17, 15) is 5.11 Å². The highest BCUT2D eigenvalue weighted by molar-refractivity contribution is 5.31. The maximum absolute atomic E-state index is 9.71. The third-order valence-corrected chi connectivity index (χ3v) is 2.88. The predicted molar refractivity (Wildman–Crippen MR) is 105 cm³/mol. The molecule has 0 aliphatic rings. The summed E-state index contributed by atoms with van der Waals surface area (Å²) in [5, 5.41) is 27.2. The van der Waals surface area contributed by atoms with Gasteiger partial charge in [-0.15, -0.1) is 6.42 Å². The molecule has 0 aliphatic heterocycles. The van der Waals surface area contributed by atoms with Crippen molar-refractivity contribution < 1.29 is 15.3 Å². The summed E-state index contributed by atoms with van der Waals surface area (Å²) in [7, 11) is 0. The lowest BCUT2D eigenvalue weighted by atomic mass is 10.1. The Morgan fingerprint density at radius 3 is 2.35 bits per heavy atom. The summed E-state index contributed by atoms with van der Waals surface area (Å²) in [6, 6.07) is 0. The highest BCUT2D eigenvalue weighted by Crippen LogP contribution is 2.02. The standard InChI is InChI=1S/C23H24O3/c1-2-3-4-12-15-18-22(25)19-16-13-10-8-6-5-7-9-11-14-17-20-23(26)21-24/h1,3-4,16,19,22-26H,5,7,9,12,15,18,21H2/b4-3-,19-16+/t22-,23+/m1/s1. The van der Waals surface area contributed by atoms with Crippen LogP contribution in [0.4, 0.5) is 0 Å². The molecule has 0 aliphatic carbocycles. The van der Waals surface area contributed by atoms with Gasteiger partial charge in [-0.1, -0.05) is 35.7 Å². The lowest BCUT2D eigenvalue weighted by molar-refractivity contribution is 0.138. The first kappa shape index (κ1) is 23.2. The Morgan fingerprint density at radius 2 is 1.65 bits per heavy atom. The van der Waals surface area contributed by atoms with E-state index < -0.39 is 12.2 Å². The Labute approximate surface area is 157 Å². The van der Waals surface area contributed by atoms with Crippen molar-refractivity contribution in [2.75, 3.05) is 6.61 Å². The van der Waals surface area contributed by atoms with Crippen LogP contribution < -0.4 is 0 Å². The van der Waals surface area contributed by atoms with Gasteiger partial charge in [0.05, 0.1) is 12.7 Å². The first-order chi connectivity index (χ1) is 12.7. The average molecular weight is 348 g/mol. The Morgan fingerprint density at radius 1 is 0.923 bits per heavy atom. The molecule has 3 N–H and O–H groups in total. The van der Waals surface area contributed by atoms with Gasteiger partial charge in [0.25, 0.3) is 0 Å². The minimum Gasteiger partial charge on any atom is -0.393 e. The van der Waals surface area contributed by atoms with Gasteiger partial charge in [0.2, 0.25) is 0 Å². The zero-order valence-electron chi connectivity index (χ0n) is 14.8. The predicted octanol–water partition coefficient (Wildman–Crippen LogP) is 1.80. The van der Waals surface area contributed by atoms with E-state index in [1.807, 2.05) is 6.08 Å². The van der Waals surface area contributed by atoms with E-state index >= 15 is 0 Å². The molecule has 0 fully saturated rings. The van der Waals surface area contributed by atoms with E-state index in [1.165, 1.54) is 0 Å². The van der Waals surface area contributed by atoms with Gasteiger partial charge in [0, 0.05) is 12.8 Å². The van der Waals surface area contributed by atoms with Crippen LogP contribution in [0.1, 0.15) is 38.5 Å². The molecule has 0 radical (unpaired) electrons. The molecule has 26 heavy (non-hydrogen) atoms. The summed E-state index contributed by atoms with van der Waals surface area (Å²) < 4.78 is 0. The molecule has 0 saturated carbocycles. The third kappa shape index (κ3) is 17.5. The number of allylic oxidation sites excluding steroid dienone is 3. The van der Waals surface area contributed by atoms with Crippen LogP contribution in [-0.4, -0.2) is 34.1 Å². The summed E-state index contributed by atoms with van der Waals surface area (Å²) >= 11 is 0. The molecule has 0 bridgehead atoms. The van der Waals surface area contributed by atoms with Crippen molar-refractivity contribution in [2.45, 2.75) is 50.7 Å². The fraction of sp³-hybridized carbons (Fsp3) is 0.391. The van der Waals surface area contributed by atoms with Gasteiger partial charge in [-0.05, 0) is 67.6 Å². The van der Waals surface area contributed by atoms with Crippen molar-refractivity contribution in [2.24, 2.45) is 0 Å². The van der Waals surface area contributed by atoms with Gasteiger partial charge in [-0.2, -0.15) is 0 Å². The molecule has 3 nitrogen and oxygen atoms in total. The van der Waals surface area contributed by atoms with Crippen molar-refractivity contribution in [3.63, 3.8) is 0 Å². The van der Waals surface area contributed by atoms with E-state index in [0.717, 1.165) is 19.3 Å². The van der Waals surface area contributed by atoms with Gasteiger partial charge in [-0.3, -0.25) is 0 Å². The van der Waals surface area contributed by atoms with Crippen LogP contribution in [0.15, 0.2) is 24.3 Å². The monoisotopic (exact) mass is 348 g/mol. The maximum Gasteiger partial charge on any atom is 0.138 e. The van der Waals surface area contributed by atoms with Crippen LogP contribution in [-0.2, 0) is 0 Å². The van der Waals surface area contributed by atoms with Crippen molar-refractivity contribution in [3.8, 4) is 59.7 Å². The number of rotatable bonds is 8. The lowest BCUT2D eigenvalue weighted by Gasteiger charge is -2.01. The van der Waals surface area contributed by atoms with Gasteiger partial charge in [0.15, 0.2) is 0 Å². The van der Waals surface area contributed by atoms with Gasteiger partial charge < -0.3 is 15.3 Å². The van der Waals surface area contributed by atoms with Crippen LogP contribution in [0.2, 0.25) is 0 Å². The van der Waals surface area contributed by atoms with Crippen LogP contribution in [0, 0.1) is 59.7 Å². The molecule has 0 unspecified atom stereocenters. The van der Waals surface area contributed by atoms with E-state index in [0.29, 0.717) is 19.3 Å². The van der Waals surface area contributed by atoms with Crippen LogP contribution >= 0.6 is 0 Å². The van der Waals surface area contributed by atoms with Gasteiger partial charge in [-0.25, -0.2) is 0 Å². The number of aliphatic hydroxyl groups is 3. The topological polar surface area (TPSA) is 60.7 Å². The minimum absolute atomic E-state index is 0.385. The van der Waals surface area contributed by atoms with Crippen molar-refractivity contribution >= 4 is 0 Å². The smallest absolute Gasteiger partial charge is 0.138 e. The fourth-order valence-electron chi connectivity index (χ4n) is 1.57. The molecule has 2 atom stereocenters. The van der Waals surface area contributed by atoms with Gasteiger partial charge >= 0.3 is 0 Å². The minimum atomic E-state index is -1.03. The first-order valence-electron chi connectivity index (χ1n) is 8.42. The van der Waals surface area contributed by atoms with E-state index in [1.54, 1.807) is 18.2 Å². The summed E-state index contributed by atoms with van der Waals surface area (Å²) in [5.74, 6) is 23.9. The molecule has 3 heteroatoms. The number of unbranched alkanes of at least 4 members (excludes halogenated alkanes) is 3. The van der Waals surface area contributed by atoms with Crippen LogP contribution in [0.5, 0.6) is 0 Å². The molecule has 0 aromatic rings. The highest BCUT2D eigenvalue weighted by atomic mass is 16.3. The Hall–Kier alpha value is -2.84. The first-order valence-corrected chi connectivity index (χ1v) is 8.42. The van der Waals surface area contributed by atoms with E-state index in [-0.39, 0.29) is 6.61 Å². The molecular weight excluding hydrogens is 324 g/mol. The van der Waals surface area contributed by atoms with E-state index in [4.69, 9.17) is 16.6 Å². The number of hydrogen-bond donors (Lipinski definition) is 3. The third-order valence-electron chi connectivity index (χ3n) is 2.88. The molecule has 0 heterocycles. The fourth-order valence-corrected chi connectivity index (χ4v) is 1.57. The van der Waals surface area contributed by atoms with E-state index in [2.05, 4.69) is 53.3 Å².